The molecule has 0 atom stereocenters. The summed E-state index contributed by atoms with van der Waals surface area (Å²) >= 11 is 0. The number of hydrogen-bond acceptors (Lipinski definition) is 2. The number of nitrogens with one attached hydrogen (secondary N) is 2. The van der Waals surface area contributed by atoms with Gasteiger partial charge in [0.15, 0.2) is 0 Å². The van der Waals surface area contributed by atoms with Crippen LogP contribution in [0.15, 0.2) is 0 Å². The van der Waals surface area contributed by atoms with E-state index in [0.717, 1.165) is 32.1 Å². The van der Waals surface area contributed by atoms with Crippen molar-refractivity contribution in [2.24, 2.45) is 5.41 Å². The summed E-state index contributed by atoms with van der Waals surface area (Å²) in [6.07, 6.45) is 6.04. The summed E-state index contributed by atoms with van der Waals surface area (Å²) in [6.45, 7) is 4.27. The molecule has 0 heterocycles. The number of carboxylic acids is 1. The van der Waals surface area contributed by atoms with Crippen molar-refractivity contribution < 1.29 is 14.7 Å². The highest BCUT2D eigenvalue weighted by molar-refractivity contribution is 5.78. The first-order valence-corrected chi connectivity index (χ1v) is 7.32. The fourth-order valence-corrected chi connectivity index (χ4v) is 2.67. The smallest absolute Gasteiger partial charge is 0.315 e. The van der Waals surface area contributed by atoms with Crippen LogP contribution in [0.1, 0.15) is 58.8 Å². The normalized spacial score (nSPS) is 18.1. The van der Waals surface area contributed by atoms with Gasteiger partial charge in [-0.1, -0.05) is 33.1 Å². The second-order valence-corrected chi connectivity index (χ2v) is 5.49. The Hall–Kier alpha value is -1.26. The van der Waals surface area contributed by atoms with Gasteiger partial charge in [0.2, 0.25) is 0 Å². The molecular weight excluding hydrogens is 244 g/mol. The molecule has 1 saturated carbocycles. The fraction of sp³-hybridized carbons (Fsp3) is 0.857. The van der Waals surface area contributed by atoms with Crippen molar-refractivity contribution in [3.63, 3.8) is 0 Å². The summed E-state index contributed by atoms with van der Waals surface area (Å²) in [5, 5.41) is 15.0. The van der Waals surface area contributed by atoms with Gasteiger partial charge in [0, 0.05) is 12.6 Å². The number of carbonyl (C=O) groups excluding carboxylic acids is 1. The van der Waals surface area contributed by atoms with E-state index in [-0.39, 0.29) is 18.6 Å². The molecule has 0 bridgehead atoms. The molecule has 1 fully saturated rings. The molecule has 19 heavy (non-hydrogen) atoms. The molecule has 0 radical (unpaired) electrons. The van der Waals surface area contributed by atoms with Gasteiger partial charge < -0.3 is 15.7 Å². The van der Waals surface area contributed by atoms with Gasteiger partial charge in [0.05, 0.1) is 5.41 Å². The highest BCUT2D eigenvalue weighted by atomic mass is 16.4. The molecule has 1 aliphatic rings. The molecule has 1 rings (SSSR count). The van der Waals surface area contributed by atoms with E-state index in [4.69, 9.17) is 0 Å². The Bertz CT molecular complexity index is 308. The Morgan fingerprint density at radius 1 is 1.16 bits per heavy atom. The van der Waals surface area contributed by atoms with Crippen LogP contribution in [-0.2, 0) is 4.79 Å². The molecule has 0 aromatic carbocycles. The summed E-state index contributed by atoms with van der Waals surface area (Å²) in [5.41, 5.74) is -0.760. The number of amides is 2. The second-order valence-electron chi connectivity index (χ2n) is 5.49. The molecule has 0 aromatic heterocycles. The number of rotatable bonds is 6. The van der Waals surface area contributed by atoms with Crippen molar-refractivity contribution in [3.05, 3.63) is 0 Å². The third-order valence-corrected chi connectivity index (χ3v) is 4.17. The van der Waals surface area contributed by atoms with E-state index in [1.54, 1.807) is 0 Å². The van der Waals surface area contributed by atoms with Gasteiger partial charge in [0.1, 0.15) is 0 Å². The Kier molecular flexibility index (Phi) is 6.12. The van der Waals surface area contributed by atoms with Crippen LogP contribution >= 0.6 is 0 Å². The van der Waals surface area contributed by atoms with Crippen LogP contribution in [0.3, 0.4) is 0 Å². The van der Waals surface area contributed by atoms with Crippen molar-refractivity contribution in [1.29, 1.82) is 0 Å². The van der Waals surface area contributed by atoms with E-state index < -0.39 is 11.4 Å². The Morgan fingerprint density at radius 3 is 2.21 bits per heavy atom. The summed E-state index contributed by atoms with van der Waals surface area (Å²) in [6, 6.07) is -0.0907. The van der Waals surface area contributed by atoms with E-state index >= 15 is 0 Å². The van der Waals surface area contributed by atoms with Crippen LogP contribution in [-0.4, -0.2) is 29.7 Å². The molecule has 3 N–H and O–H groups in total. The predicted molar refractivity (Wildman–Crippen MR) is 74.1 cm³/mol. The van der Waals surface area contributed by atoms with E-state index in [1.807, 2.05) is 13.8 Å². The zero-order valence-electron chi connectivity index (χ0n) is 12.0. The summed E-state index contributed by atoms with van der Waals surface area (Å²) in [7, 11) is 0. The SMILES string of the molecule is CCC(CC)NC(=O)NCC1(C(=O)O)CCCCC1. The van der Waals surface area contributed by atoms with Gasteiger partial charge in [-0.15, -0.1) is 0 Å². The molecule has 0 saturated heterocycles. The first-order chi connectivity index (χ1) is 9.04. The third kappa shape index (κ3) is 4.40. The van der Waals surface area contributed by atoms with Crippen LogP contribution in [0.4, 0.5) is 4.79 Å². The first kappa shape index (κ1) is 15.8. The zero-order chi connectivity index (χ0) is 14.3. The quantitative estimate of drug-likeness (QED) is 0.694. The van der Waals surface area contributed by atoms with Gasteiger partial charge >= 0.3 is 12.0 Å². The monoisotopic (exact) mass is 270 g/mol. The molecule has 0 unspecified atom stereocenters. The lowest BCUT2D eigenvalue weighted by atomic mass is 9.74. The molecule has 5 nitrogen and oxygen atoms in total. The predicted octanol–water partition coefficient (Wildman–Crippen LogP) is 2.51. The lowest BCUT2D eigenvalue weighted by Gasteiger charge is -2.33. The number of urea groups is 1. The summed E-state index contributed by atoms with van der Waals surface area (Å²) < 4.78 is 0. The molecule has 1 aliphatic carbocycles. The molecule has 5 heteroatoms. The minimum Gasteiger partial charge on any atom is -0.481 e. The van der Waals surface area contributed by atoms with Crippen LogP contribution < -0.4 is 10.6 Å². The highest BCUT2D eigenvalue weighted by Gasteiger charge is 2.39. The van der Waals surface area contributed by atoms with Crippen molar-refractivity contribution in [2.45, 2.75) is 64.8 Å². The number of carbonyl (C=O) groups is 2. The molecule has 2 amide bonds. The van der Waals surface area contributed by atoms with Crippen LogP contribution in [0.5, 0.6) is 0 Å². The van der Waals surface area contributed by atoms with E-state index in [2.05, 4.69) is 10.6 Å². The standard InChI is InChI=1S/C14H26N2O3/c1-3-11(4-2)16-13(19)15-10-14(12(17)18)8-6-5-7-9-14/h11H,3-10H2,1-2H3,(H,17,18)(H2,15,16,19). The van der Waals surface area contributed by atoms with Crippen LogP contribution in [0.2, 0.25) is 0 Å². The molecular formula is C14H26N2O3. The maximum Gasteiger partial charge on any atom is 0.315 e. The van der Waals surface area contributed by atoms with E-state index in [1.165, 1.54) is 0 Å². The fourth-order valence-electron chi connectivity index (χ4n) is 2.67. The van der Waals surface area contributed by atoms with Crippen LogP contribution in [0.25, 0.3) is 0 Å². The molecule has 0 aliphatic heterocycles. The Labute approximate surface area is 115 Å². The lowest BCUT2D eigenvalue weighted by molar-refractivity contribution is -0.150. The number of aliphatic carboxylic acids is 1. The minimum absolute atomic E-state index is 0.159. The van der Waals surface area contributed by atoms with E-state index in [0.29, 0.717) is 12.8 Å². The van der Waals surface area contributed by atoms with Gasteiger partial charge in [-0.05, 0) is 25.7 Å². The van der Waals surface area contributed by atoms with Gasteiger partial charge in [-0.2, -0.15) is 0 Å². The average Bonchev–Trinajstić information content (AvgIpc) is 2.43. The largest absolute Gasteiger partial charge is 0.481 e. The minimum atomic E-state index is -0.782. The average molecular weight is 270 g/mol. The molecule has 110 valence electrons. The van der Waals surface area contributed by atoms with Crippen molar-refractivity contribution >= 4 is 12.0 Å². The van der Waals surface area contributed by atoms with Gasteiger partial charge in [0.25, 0.3) is 0 Å². The molecule has 0 aromatic rings. The summed E-state index contributed by atoms with van der Waals surface area (Å²) in [4.78, 5) is 23.2. The van der Waals surface area contributed by atoms with Crippen molar-refractivity contribution in [2.75, 3.05) is 6.54 Å². The Morgan fingerprint density at radius 2 is 1.74 bits per heavy atom. The number of hydrogen-bond donors (Lipinski definition) is 3. The van der Waals surface area contributed by atoms with Gasteiger partial charge in [-0.3, -0.25) is 4.79 Å². The topological polar surface area (TPSA) is 78.4 Å². The van der Waals surface area contributed by atoms with E-state index in [9.17, 15) is 14.7 Å². The molecule has 0 spiro atoms. The van der Waals surface area contributed by atoms with Crippen molar-refractivity contribution in [3.8, 4) is 0 Å². The maximum atomic E-state index is 11.8. The number of carboxylic acid groups (broad SMARTS) is 1. The van der Waals surface area contributed by atoms with Crippen molar-refractivity contribution in [1.82, 2.24) is 10.6 Å². The Balaban J connectivity index is 2.48. The summed E-state index contributed by atoms with van der Waals surface area (Å²) in [5.74, 6) is -0.782. The second kappa shape index (κ2) is 7.36. The highest BCUT2D eigenvalue weighted by Crippen LogP contribution is 2.35. The zero-order valence-corrected chi connectivity index (χ0v) is 12.0. The maximum absolute atomic E-state index is 11.8. The third-order valence-electron chi connectivity index (χ3n) is 4.17. The van der Waals surface area contributed by atoms with Crippen LogP contribution in [0, 0.1) is 5.41 Å². The lowest BCUT2D eigenvalue weighted by Crippen LogP contribution is -2.49. The van der Waals surface area contributed by atoms with Gasteiger partial charge in [-0.25, -0.2) is 4.79 Å². The first-order valence-electron chi connectivity index (χ1n) is 7.32.